The van der Waals surface area contributed by atoms with E-state index in [1.165, 1.54) is 18.3 Å². The first-order valence-corrected chi connectivity index (χ1v) is 7.23. The number of nitrogens with zero attached hydrogens (tertiary/aromatic N) is 2. The molecule has 1 atom stereocenters. The number of aromatic nitrogens is 2. The summed E-state index contributed by atoms with van der Waals surface area (Å²) >= 11 is 8.09. The summed E-state index contributed by atoms with van der Waals surface area (Å²) < 4.78 is 15.4. The Balaban J connectivity index is 2.49. The minimum atomic E-state index is -0.926. The third-order valence-corrected chi connectivity index (χ3v) is 4.02. The summed E-state index contributed by atoms with van der Waals surface area (Å²) in [6.45, 7) is 3.91. The Bertz CT molecular complexity index is 600. The Kier molecular flexibility index (Phi) is 4.47. The zero-order chi connectivity index (χ0) is 14.2. The Labute approximate surface area is 129 Å². The standard InChI is InChI=1S/C13H13ClFIN2O/c1-7(2)18-12(10(14)6-17-18)13(19)9-4-3-8(15)5-11(9)16/h3-7,13,19H,1-2H3. The van der Waals surface area contributed by atoms with E-state index >= 15 is 0 Å². The van der Waals surface area contributed by atoms with E-state index in [4.69, 9.17) is 11.6 Å². The van der Waals surface area contributed by atoms with Gasteiger partial charge in [-0.25, -0.2) is 4.39 Å². The summed E-state index contributed by atoms with van der Waals surface area (Å²) in [5.41, 5.74) is 1.15. The molecule has 0 bridgehead atoms. The fourth-order valence-electron chi connectivity index (χ4n) is 1.89. The van der Waals surface area contributed by atoms with Crippen molar-refractivity contribution < 1.29 is 9.50 Å². The van der Waals surface area contributed by atoms with Gasteiger partial charge in [-0.2, -0.15) is 5.10 Å². The first-order valence-electron chi connectivity index (χ1n) is 5.77. The lowest BCUT2D eigenvalue weighted by molar-refractivity contribution is 0.204. The molecule has 3 nitrogen and oxygen atoms in total. The van der Waals surface area contributed by atoms with E-state index in [0.29, 0.717) is 19.9 Å². The molecule has 19 heavy (non-hydrogen) atoms. The number of hydrogen-bond donors (Lipinski definition) is 1. The topological polar surface area (TPSA) is 38.0 Å². The van der Waals surface area contributed by atoms with Crippen molar-refractivity contribution in [1.82, 2.24) is 9.78 Å². The molecule has 0 saturated heterocycles. The van der Waals surface area contributed by atoms with Crippen LogP contribution in [0.4, 0.5) is 4.39 Å². The fourth-order valence-corrected chi connectivity index (χ4v) is 2.89. The van der Waals surface area contributed by atoms with Gasteiger partial charge in [0.05, 0.1) is 16.9 Å². The molecular weight excluding hydrogens is 382 g/mol. The minimum Gasteiger partial charge on any atom is -0.382 e. The number of aliphatic hydroxyl groups excluding tert-OH is 1. The first-order chi connectivity index (χ1) is 8.91. The zero-order valence-corrected chi connectivity index (χ0v) is 13.4. The average molecular weight is 395 g/mol. The Morgan fingerprint density at radius 3 is 2.68 bits per heavy atom. The second-order valence-corrected chi connectivity index (χ2v) is 6.05. The zero-order valence-electron chi connectivity index (χ0n) is 10.4. The van der Waals surface area contributed by atoms with E-state index in [9.17, 15) is 9.50 Å². The summed E-state index contributed by atoms with van der Waals surface area (Å²) in [6.07, 6.45) is 0.584. The van der Waals surface area contributed by atoms with Gasteiger partial charge >= 0.3 is 0 Å². The highest BCUT2D eigenvalue weighted by Crippen LogP contribution is 2.32. The number of rotatable bonds is 3. The van der Waals surface area contributed by atoms with Gasteiger partial charge in [-0.15, -0.1) is 0 Å². The van der Waals surface area contributed by atoms with Crippen molar-refractivity contribution in [1.29, 1.82) is 0 Å². The molecule has 0 saturated carbocycles. The van der Waals surface area contributed by atoms with Crippen LogP contribution in [0, 0.1) is 9.39 Å². The second kappa shape index (κ2) is 5.76. The van der Waals surface area contributed by atoms with E-state index in [-0.39, 0.29) is 11.9 Å². The number of benzene rings is 1. The molecule has 0 aliphatic heterocycles. The van der Waals surface area contributed by atoms with Crippen molar-refractivity contribution in [3.8, 4) is 0 Å². The first kappa shape index (κ1) is 14.7. The summed E-state index contributed by atoms with van der Waals surface area (Å²) in [5.74, 6) is -0.330. The lowest BCUT2D eigenvalue weighted by Crippen LogP contribution is -2.13. The Morgan fingerprint density at radius 2 is 2.11 bits per heavy atom. The Morgan fingerprint density at radius 1 is 1.42 bits per heavy atom. The number of aliphatic hydroxyl groups is 1. The van der Waals surface area contributed by atoms with Crippen LogP contribution in [0.2, 0.25) is 5.02 Å². The Hall–Kier alpha value is -0.660. The van der Waals surface area contributed by atoms with Crippen molar-refractivity contribution in [3.63, 3.8) is 0 Å². The van der Waals surface area contributed by atoms with Gasteiger partial charge in [0, 0.05) is 15.2 Å². The molecule has 0 aliphatic carbocycles. The maximum Gasteiger partial charge on any atom is 0.124 e. The smallest absolute Gasteiger partial charge is 0.124 e. The largest absolute Gasteiger partial charge is 0.382 e. The third-order valence-electron chi connectivity index (χ3n) is 2.79. The van der Waals surface area contributed by atoms with Crippen molar-refractivity contribution in [2.24, 2.45) is 0 Å². The summed E-state index contributed by atoms with van der Waals surface area (Å²) in [7, 11) is 0. The molecule has 1 unspecified atom stereocenters. The predicted molar refractivity (Wildman–Crippen MR) is 80.8 cm³/mol. The van der Waals surface area contributed by atoms with E-state index < -0.39 is 6.10 Å². The van der Waals surface area contributed by atoms with Gasteiger partial charge in [0.25, 0.3) is 0 Å². The van der Waals surface area contributed by atoms with Gasteiger partial charge in [0.2, 0.25) is 0 Å². The van der Waals surface area contributed by atoms with Crippen molar-refractivity contribution in [2.45, 2.75) is 26.0 Å². The number of hydrogen-bond acceptors (Lipinski definition) is 2. The fraction of sp³-hybridized carbons (Fsp3) is 0.308. The molecule has 2 aromatic rings. The molecule has 0 radical (unpaired) electrons. The van der Waals surface area contributed by atoms with Crippen LogP contribution in [0.25, 0.3) is 0 Å². The molecule has 2 rings (SSSR count). The molecule has 1 heterocycles. The second-order valence-electron chi connectivity index (χ2n) is 4.48. The summed E-state index contributed by atoms with van der Waals surface area (Å²) in [4.78, 5) is 0. The van der Waals surface area contributed by atoms with Crippen LogP contribution in [0.1, 0.15) is 37.3 Å². The maximum absolute atomic E-state index is 13.1. The minimum absolute atomic E-state index is 0.0789. The molecule has 0 aliphatic rings. The SMILES string of the molecule is CC(C)n1ncc(Cl)c1C(O)c1ccc(F)cc1I. The normalized spacial score (nSPS) is 13.0. The lowest BCUT2D eigenvalue weighted by atomic mass is 10.1. The molecule has 1 aromatic carbocycles. The van der Waals surface area contributed by atoms with Crippen molar-refractivity contribution >= 4 is 34.2 Å². The molecule has 0 fully saturated rings. The van der Waals surface area contributed by atoms with Crippen molar-refractivity contribution in [3.05, 3.63) is 50.1 Å². The molecular formula is C13H13ClFIN2O. The average Bonchev–Trinajstić information content (AvgIpc) is 2.70. The van der Waals surface area contributed by atoms with Crippen LogP contribution >= 0.6 is 34.2 Å². The summed E-state index contributed by atoms with van der Waals surface area (Å²) in [6, 6.07) is 4.35. The van der Waals surface area contributed by atoms with Gasteiger partial charge in [-0.05, 0) is 48.6 Å². The van der Waals surface area contributed by atoms with Crippen LogP contribution in [0.5, 0.6) is 0 Å². The van der Waals surface area contributed by atoms with E-state index in [2.05, 4.69) is 5.10 Å². The van der Waals surface area contributed by atoms with Crippen LogP contribution in [0.3, 0.4) is 0 Å². The maximum atomic E-state index is 13.1. The predicted octanol–water partition coefficient (Wildman–Crippen LogP) is 3.94. The summed E-state index contributed by atoms with van der Waals surface area (Å²) in [5, 5.41) is 15.1. The van der Waals surface area contributed by atoms with Gasteiger partial charge in [-0.1, -0.05) is 17.7 Å². The monoisotopic (exact) mass is 394 g/mol. The van der Waals surface area contributed by atoms with Gasteiger partial charge < -0.3 is 5.11 Å². The molecule has 6 heteroatoms. The van der Waals surface area contributed by atoms with Crippen molar-refractivity contribution in [2.75, 3.05) is 0 Å². The molecule has 1 N–H and O–H groups in total. The van der Waals surface area contributed by atoms with Crippen LogP contribution < -0.4 is 0 Å². The van der Waals surface area contributed by atoms with Gasteiger partial charge in [0.15, 0.2) is 0 Å². The molecule has 0 spiro atoms. The van der Waals surface area contributed by atoms with E-state index in [0.717, 1.165) is 0 Å². The van der Waals surface area contributed by atoms with Gasteiger partial charge in [-0.3, -0.25) is 4.68 Å². The molecule has 1 aromatic heterocycles. The third kappa shape index (κ3) is 2.93. The lowest BCUT2D eigenvalue weighted by Gasteiger charge is -2.18. The van der Waals surface area contributed by atoms with Crippen LogP contribution in [0.15, 0.2) is 24.4 Å². The highest BCUT2D eigenvalue weighted by Gasteiger charge is 2.23. The molecule has 0 amide bonds. The quantitative estimate of drug-likeness (QED) is 0.801. The highest BCUT2D eigenvalue weighted by molar-refractivity contribution is 14.1. The van der Waals surface area contributed by atoms with Gasteiger partial charge in [0.1, 0.15) is 11.9 Å². The number of halogens is 3. The van der Waals surface area contributed by atoms with E-state index in [1.807, 2.05) is 36.4 Å². The van der Waals surface area contributed by atoms with E-state index in [1.54, 1.807) is 10.7 Å². The van der Waals surface area contributed by atoms with Crippen LogP contribution in [-0.4, -0.2) is 14.9 Å². The molecule has 102 valence electrons. The highest BCUT2D eigenvalue weighted by atomic mass is 127. The van der Waals surface area contributed by atoms with Crippen LogP contribution in [-0.2, 0) is 0 Å².